The van der Waals surface area contributed by atoms with Crippen LogP contribution in [0.2, 0.25) is 0 Å². The maximum absolute atomic E-state index is 6.16. The highest BCUT2D eigenvalue weighted by molar-refractivity contribution is 5.84. The van der Waals surface area contributed by atoms with Crippen molar-refractivity contribution in [2.45, 2.75) is 45.2 Å². The van der Waals surface area contributed by atoms with Gasteiger partial charge in [-0.15, -0.1) is 0 Å². The first-order valence-electron chi connectivity index (χ1n) is 8.18. The van der Waals surface area contributed by atoms with Crippen LogP contribution >= 0.6 is 0 Å². The molecule has 3 nitrogen and oxygen atoms in total. The molecule has 1 saturated heterocycles. The first kappa shape index (κ1) is 14.6. The summed E-state index contributed by atoms with van der Waals surface area (Å²) < 4.78 is 7.91. The Morgan fingerprint density at radius 2 is 2.05 bits per heavy atom. The number of aromatic nitrogens is 1. The van der Waals surface area contributed by atoms with Crippen molar-refractivity contribution in [1.82, 2.24) is 4.57 Å². The second-order valence-corrected chi connectivity index (χ2v) is 6.25. The summed E-state index contributed by atoms with van der Waals surface area (Å²) in [5, 5.41) is 1.37. The number of rotatable bonds is 5. The molecule has 1 atom stereocenters. The van der Waals surface area contributed by atoms with E-state index < -0.39 is 0 Å². The van der Waals surface area contributed by atoms with Gasteiger partial charge < -0.3 is 15.0 Å². The summed E-state index contributed by atoms with van der Waals surface area (Å²) in [6.07, 6.45) is 6.68. The lowest BCUT2D eigenvalue weighted by Gasteiger charge is -2.22. The van der Waals surface area contributed by atoms with E-state index in [0.29, 0.717) is 0 Å². The normalized spacial score (nSPS) is 18.2. The lowest BCUT2D eigenvalue weighted by molar-refractivity contribution is 0.0616. The van der Waals surface area contributed by atoms with Crippen molar-refractivity contribution < 1.29 is 4.74 Å². The van der Waals surface area contributed by atoms with Gasteiger partial charge in [0.05, 0.1) is 0 Å². The van der Waals surface area contributed by atoms with Crippen molar-refractivity contribution in [3.05, 3.63) is 36.0 Å². The van der Waals surface area contributed by atoms with Crippen LogP contribution in [0.5, 0.6) is 0 Å². The highest BCUT2D eigenvalue weighted by Crippen LogP contribution is 2.26. The minimum absolute atomic E-state index is 0.257. The van der Waals surface area contributed by atoms with Crippen molar-refractivity contribution in [3.63, 3.8) is 0 Å². The Hall–Kier alpha value is -1.32. The number of benzene rings is 1. The SMILES string of the molecule is CCC(N)Cc1cn(CC2CCOCC2)c2ccccc12. The van der Waals surface area contributed by atoms with E-state index in [4.69, 9.17) is 10.5 Å². The first-order chi connectivity index (χ1) is 10.3. The van der Waals surface area contributed by atoms with Crippen LogP contribution in [0, 0.1) is 5.92 Å². The van der Waals surface area contributed by atoms with E-state index in [2.05, 4.69) is 42.0 Å². The van der Waals surface area contributed by atoms with Crippen LogP contribution in [0.25, 0.3) is 10.9 Å². The molecular formula is C18H26N2O. The number of hydrogen-bond donors (Lipinski definition) is 1. The molecule has 0 radical (unpaired) electrons. The molecule has 0 aliphatic carbocycles. The van der Waals surface area contributed by atoms with Gasteiger partial charge in [0.25, 0.3) is 0 Å². The lowest BCUT2D eigenvalue weighted by atomic mass is 10.0. The number of ether oxygens (including phenoxy) is 1. The number of fused-ring (bicyclic) bond motifs is 1. The second kappa shape index (κ2) is 6.63. The molecule has 1 unspecified atom stereocenters. The number of hydrogen-bond acceptors (Lipinski definition) is 2. The number of nitrogens with zero attached hydrogens (tertiary/aromatic N) is 1. The highest BCUT2D eigenvalue weighted by atomic mass is 16.5. The summed E-state index contributed by atoms with van der Waals surface area (Å²) in [6, 6.07) is 8.98. The van der Waals surface area contributed by atoms with Crippen molar-refractivity contribution >= 4 is 10.9 Å². The zero-order chi connectivity index (χ0) is 14.7. The quantitative estimate of drug-likeness (QED) is 0.915. The molecule has 1 aliphatic heterocycles. The molecule has 21 heavy (non-hydrogen) atoms. The van der Waals surface area contributed by atoms with E-state index in [9.17, 15) is 0 Å². The summed E-state index contributed by atoms with van der Waals surface area (Å²) in [7, 11) is 0. The topological polar surface area (TPSA) is 40.2 Å². The maximum Gasteiger partial charge on any atom is 0.0483 e. The van der Waals surface area contributed by atoms with Crippen LogP contribution in [0.15, 0.2) is 30.5 Å². The van der Waals surface area contributed by atoms with E-state index in [1.807, 2.05) is 0 Å². The zero-order valence-electron chi connectivity index (χ0n) is 12.9. The molecule has 2 N–H and O–H groups in total. The number of nitrogens with two attached hydrogens (primary N) is 1. The monoisotopic (exact) mass is 286 g/mol. The largest absolute Gasteiger partial charge is 0.381 e. The third-order valence-corrected chi connectivity index (χ3v) is 4.67. The summed E-state index contributed by atoms with van der Waals surface area (Å²) in [5.74, 6) is 0.738. The summed E-state index contributed by atoms with van der Waals surface area (Å²) in [6.45, 7) is 5.09. The lowest BCUT2D eigenvalue weighted by Crippen LogP contribution is -2.21. The van der Waals surface area contributed by atoms with Crippen LogP contribution < -0.4 is 5.73 Å². The Kier molecular flexibility index (Phi) is 4.61. The van der Waals surface area contributed by atoms with Gasteiger partial charge >= 0.3 is 0 Å². The van der Waals surface area contributed by atoms with Gasteiger partial charge in [-0.1, -0.05) is 25.1 Å². The number of para-hydroxylation sites is 1. The molecule has 2 aromatic rings. The van der Waals surface area contributed by atoms with Crippen molar-refractivity contribution in [2.24, 2.45) is 11.7 Å². The third-order valence-electron chi connectivity index (χ3n) is 4.67. The van der Waals surface area contributed by atoms with Gasteiger partial charge in [0.2, 0.25) is 0 Å². The smallest absolute Gasteiger partial charge is 0.0483 e. The Morgan fingerprint density at radius 1 is 1.29 bits per heavy atom. The van der Waals surface area contributed by atoms with Gasteiger partial charge in [0, 0.05) is 42.9 Å². The molecule has 3 heteroatoms. The molecule has 1 aliphatic rings. The molecule has 114 valence electrons. The average Bonchev–Trinajstić information content (AvgIpc) is 2.86. The van der Waals surface area contributed by atoms with Crippen molar-refractivity contribution in [2.75, 3.05) is 13.2 Å². The minimum atomic E-state index is 0.257. The fourth-order valence-corrected chi connectivity index (χ4v) is 3.27. The zero-order valence-corrected chi connectivity index (χ0v) is 12.9. The predicted molar refractivity (Wildman–Crippen MR) is 87.5 cm³/mol. The molecule has 1 aromatic carbocycles. The summed E-state index contributed by atoms with van der Waals surface area (Å²) in [4.78, 5) is 0. The van der Waals surface area contributed by atoms with Crippen LogP contribution in [-0.4, -0.2) is 23.8 Å². The van der Waals surface area contributed by atoms with Crippen LogP contribution in [0.3, 0.4) is 0 Å². The maximum atomic E-state index is 6.16. The molecule has 0 bridgehead atoms. The van der Waals surface area contributed by atoms with Crippen LogP contribution in [0.4, 0.5) is 0 Å². The highest BCUT2D eigenvalue weighted by Gasteiger charge is 2.17. The molecule has 2 heterocycles. The van der Waals surface area contributed by atoms with E-state index >= 15 is 0 Å². The third kappa shape index (κ3) is 3.30. The van der Waals surface area contributed by atoms with Gasteiger partial charge in [0.15, 0.2) is 0 Å². The van der Waals surface area contributed by atoms with Crippen LogP contribution in [0.1, 0.15) is 31.7 Å². The minimum Gasteiger partial charge on any atom is -0.381 e. The molecule has 1 aromatic heterocycles. The van der Waals surface area contributed by atoms with E-state index in [0.717, 1.165) is 38.5 Å². The van der Waals surface area contributed by atoms with Crippen molar-refractivity contribution in [3.8, 4) is 0 Å². The fourth-order valence-electron chi connectivity index (χ4n) is 3.27. The van der Waals surface area contributed by atoms with E-state index in [1.54, 1.807) is 0 Å². The molecule has 0 amide bonds. The summed E-state index contributed by atoms with van der Waals surface area (Å²) >= 11 is 0. The molecular weight excluding hydrogens is 260 g/mol. The second-order valence-electron chi connectivity index (χ2n) is 6.25. The van der Waals surface area contributed by atoms with E-state index in [1.165, 1.54) is 29.3 Å². The molecule has 3 rings (SSSR count). The average molecular weight is 286 g/mol. The molecule has 0 saturated carbocycles. The molecule has 0 spiro atoms. The Morgan fingerprint density at radius 3 is 2.81 bits per heavy atom. The Labute approximate surface area is 127 Å². The van der Waals surface area contributed by atoms with Gasteiger partial charge in [-0.25, -0.2) is 0 Å². The van der Waals surface area contributed by atoms with E-state index in [-0.39, 0.29) is 6.04 Å². The Balaban J connectivity index is 1.87. The van der Waals surface area contributed by atoms with Gasteiger partial charge in [-0.3, -0.25) is 0 Å². The fraction of sp³-hybridized carbons (Fsp3) is 0.556. The van der Waals surface area contributed by atoms with Gasteiger partial charge in [-0.2, -0.15) is 0 Å². The van der Waals surface area contributed by atoms with Gasteiger partial charge in [0.1, 0.15) is 0 Å². The van der Waals surface area contributed by atoms with Gasteiger partial charge in [-0.05, 0) is 43.2 Å². The van der Waals surface area contributed by atoms with Crippen LogP contribution in [-0.2, 0) is 17.7 Å². The van der Waals surface area contributed by atoms with Crippen molar-refractivity contribution in [1.29, 1.82) is 0 Å². The molecule has 1 fully saturated rings. The predicted octanol–water partition coefficient (Wildman–Crippen LogP) is 3.35. The standard InChI is InChI=1S/C18H26N2O/c1-2-16(19)11-15-13-20(12-14-7-9-21-10-8-14)18-6-4-3-5-17(15)18/h3-6,13-14,16H,2,7-12,19H2,1H3. The first-order valence-corrected chi connectivity index (χ1v) is 8.18. The Bertz CT molecular complexity index is 584. The summed E-state index contributed by atoms with van der Waals surface area (Å²) in [5.41, 5.74) is 8.91.